The van der Waals surface area contributed by atoms with Crippen LogP contribution < -0.4 is 14.8 Å². The van der Waals surface area contributed by atoms with Crippen molar-refractivity contribution in [3.05, 3.63) is 77.9 Å². The van der Waals surface area contributed by atoms with E-state index >= 15 is 0 Å². The van der Waals surface area contributed by atoms with E-state index in [1.807, 2.05) is 13.0 Å². The molecule has 0 amide bonds. The highest BCUT2D eigenvalue weighted by atomic mass is 32.2. The fourth-order valence-electron chi connectivity index (χ4n) is 2.75. The van der Waals surface area contributed by atoms with E-state index in [0.717, 1.165) is 11.3 Å². The quantitative estimate of drug-likeness (QED) is 0.557. The highest BCUT2D eigenvalue weighted by molar-refractivity contribution is 7.92. The summed E-state index contributed by atoms with van der Waals surface area (Å²) in [6, 6.07) is 18.9. The number of benzene rings is 3. The molecule has 0 aliphatic rings. The van der Waals surface area contributed by atoms with E-state index in [1.165, 1.54) is 19.2 Å². The highest BCUT2D eigenvalue weighted by Crippen LogP contribution is 2.30. The van der Waals surface area contributed by atoms with Gasteiger partial charge < -0.3 is 15.2 Å². The van der Waals surface area contributed by atoms with Gasteiger partial charge in [-0.05, 0) is 55.0 Å². The molecular weight excluding hydrogens is 376 g/mol. The smallest absolute Gasteiger partial charge is 0.261 e. The largest absolute Gasteiger partial charge is 0.504 e. The monoisotopic (exact) mass is 398 g/mol. The molecule has 0 aliphatic carbocycles. The Labute approximate surface area is 164 Å². The van der Waals surface area contributed by atoms with Gasteiger partial charge in [-0.15, -0.1) is 0 Å². The molecular formula is C21H22N2O4S. The number of hydrogen-bond donors (Lipinski definition) is 3. The minimum atomic E-state index is -3.66. The third-order valence-electron chi connectivity index (χ3n) is 4.22. The van der Waals surface area contributed by atoms with Crippen LogP contribution in [0.25, 0.3) is 0 Å². The zero-order valence-corrected chi connectivity index (χ0v) is 16.5. The average molecular weight is 398 g/mol. The van der Waals surface area contributed by atoms with Gasteiger partial charge in [-0.25, -0.2) is 8.42 Å². The van der Waals surface area contributed by atoms with Crippen LogP contribution in [0.3, 0.4) is 0 Å². The summed E-state index contributed by atoms with van der Waals surface area (Å²) in [7, 11) is -2.17. The number of methoxy groups -OCH3 is 1. The summed E-state index contributed by atoms with van der Waals surface area (Å²) in [6.45, 7) is 2.27. The fourth-order valence-corrected chi connectivity index (χ4v) is 3.80. The zero-order valence-electron chi connectivity index (χ0n) is 15.6. The highest BCUT2D eigenvalue weighted by Gasteiger charge is 2.14. The lowest BCUT2D eigenvalue weighted by molar-refractivity contribution is 0.371. The molecule has 146 valence electrons. The summed E-state index contributed by atoms with van der Waals surface area (Å²) in [5.41, 5.74) is 2.91. The number of nitrogens with one attached hydrogen (secondary N) is 2. The molecule has 7 heteroatoms. The molecule has 0 saturated heterocycles. The zero-order chi connectivity index (χ0) is 20.1. The molecule has 3 rings (SSSR count). The predicted octanol–water partition coefficient (Wildman–Crippen LogP) is 4.12. The Kier molecular flexibility index (Phi) is 5.75. The van der Waals surface area contributed by atoms with Crippen LogP contribution in [-0.4, -0.2) is 20.6 Å². The Bertz CT molecular complexity index is 1060. The predicted molar refractivity (Wildman–Crippen MR) is 110 cm³/mol. The van der Waals surface area contributed by atoms with Gasteiger partial charge in [0.05, 0.1) is 12.0 Å². The number of ether oxygens (including phenoxy) is 1. The van der Waals surface area contributed by atoms with Crippen molar-refractivity contribution >= 4 is 21.4 Å². The average Bonchev–Trinajstić information content (AvgIpc) is 2.67. The van der Waals surface area contributed by atoms with Crippen LogP contribution in [0.5, 0.6) is 11.5 Å². The normalized spacial score (nSPS) is 11.1. The number of rotatable bonds is 7. The molecule has 0 spiro atoms. The third-order valence-corrected chi connectivity index (χ3v) is 5.62. The summed E-state index contributed by atoms with van der Waals surface area (Å²) < 4.78 is 32.8. The summed E-state index contributed by atoms with van der Waals surface area (Å²) in [5, 5.41) is 13.3. The van der Waals surface area contributed by atoms with Crippen molar-refractivity contribution in [3.8, 4) is 11.5 Å². The first-order valence-electron chi connectivity index (χ1n) is 8.67. The Morgan fingerprint density at radius 2 is 1.68 bits per heavy atom. The second-order valence-corrected chi connectivity index (χ2v) is 8.00. The summed E-state index contributed by atoms with van der Waals surface area (Å²) >= 11 is 0. The lowest BCUT2D eigenvalue weighted by atomic mass is 10.2. The molecule has 6 nitrogen and oxygen atoms in total. The minimum absolute atomic E-state index is 0.0825. The van der Waals surface area contributed by atoms with Crippen molar-refractivity contribution in [2.24, 2.45) is 0 Å². The Hall–Kier alpha value is -3.19. The van der Waals surface area contributed by atoms with Crippen LogP contribution in [-0.2, 0) is 16.6 Å². The van der Waals surface area contributed by atoms with Crippen molar-refractivity contribution in [1.82, 2.24) is 0 Å². The fraction of sp³-hybridized carbons (Fsp3) is 0.143. The van der Waals surface area contributed by atoms with E-state index in [2.05, 4.69) is 10.0 Å². The molecule has 0 bridgehead atoms. The SMILES string of the molecule is COc1cccc(CNc2ccc(S(=O)(=O)Nc3cccc(C)c3)cc2)c1O. The van der Waals surface area contributed by atoms with E-state index in [1.54, 1.807) is 48.5 Å². The van der Waals surface area contributed by atoms with E-state index in [4.69, 9.17) is 4.74 Å². The summed E-state index contributed by atoms with van der Waals surface area (Å²) in [4.78, 5) is 0.170. The molecule has 0 heterocycles. The second kappa shape index (κ2) is 8.22. The Balaban J connectivity index is 1.69. The molecule has 0 radical (unpaired) electrons. The lowest BCUT2D eigenvalue weighted by Crippen LogP contribution is -2.13. The number of aryl methyl sites for hydroxylation is 1. The van der Waals surface area contributed by atoms with Crippen molar-refractivity contribution in [2.75, 3.05) is 17.1 Å². The van der Waals surface area contributed by atoms with Crippen LogP contribution in [0, 0.1) is 6.92 Å². The van der Waals surface area contributed by atoms with Gasteiger partial charge >= 0.3 is 0 Å². The van der Waals surface area contributed by atoms with Crippen LogP contribution >= 0.6 is 0 Å². The van der Waals surface area contributed by atoms with Gasteiger partial charge in [0.1, 0.15) is 0 Å². The van der Waals surface area contributed by atoms with Crippen molar-refractivity contribution in [1.29, 1.82) is 0 Å². The maximum Gasteiger partial charge on any atom is 0.261 e. The van der Waals surface area contributed by atoms with Gasteiger partial charge in [-0.2, -0.15) is 0 Å². The standard InChI is InChI=1S/C21H22N2O4S/c1-15-5-3-7-18(13-15)23-28(25,26)19-11-9-17(10-12-19)22-14-16-6-4-8-20(27-2)21(16)24/h3-13,22-24H,14H2,1-2H3. The molecule has 3 N–H and O–H groups in total. The molecule has 0 aromatic heterocycles. The number of anilines is 2. The van der Waals surface area contributed by atoms with Gasteiger partial charge in [0, 0.05) is 23.5 Å². The molecule has 3 aromatic rings. The number of aromatic hydroxyl groups is 1. The van der Waals surface area contributed by atoms with E-state index in [9.17, 15) is 13.5 Å². The van der Waals surface area contributed by atoms with Crippen LogP contribution in [0.2, 0.25) is 0 Å². The summed E-state index contributed by atoms with van der Waals surface area (Å²) in [6.07, 6.45) is 0. The number of phenolic OH excluding ortho intramolecular Hbond substituents is 1. The molecule has 3 aromatic carbocycles. The van der Waals surface area contributed by atoms with Gasteiger partial charge in [-0.1, -0.05) is 24.3 Å². The number of para-hydroxylation sites is 1. The Morgan fingerprint density at radius 3 is 2.36 bits per heavy atom. The lowest BCUT2D eigenvalue weighted by Gasteiger charge is -2.12. The summed E-state index contributed by atoms with van der Waals surface area (Å²) in [5.74, 6) is 0.488. The molecule has 0 atom stereocenters. The van der Waals surface area contributed by atoms with Crippen LogP contribution in [0.1, 0.15) is 11.1 Å². The molecule has 0 saturated carbocycles. The first-order valence-corrected chi connectivity index (χ1v) is 10.2. The number of phenols is 1. The number of sulfonamides is 1. The van der Waals surface area contributed by atoms with Crippen molar-refractivity contribution < 1.29 is 18.3 Å². The molecule has 0 aliphatic heterocycles. The Morgan fingerprint density at radius 1 is 0.964 bits per heavy atom. The van der Waals surface area contributed by atoms with E-state index < -0.39 is 10.0 Å². The van der Waals surface area contributed by atoms with Crippen LogP contribution in [0.4, 0.5) is 11.4 Å². The second-order valence-electron chi connectivity index (χ2n) is 6.32. The van der Waals surface area contributed by atoms with Crippen LogP contribution in [0.15, 0.2) is 71.6 Å². The van der Waals surface area contributed by atoms with E-state index in [0.29, 0.717) is 23.5 Å². The third kappa shape index (κ3) is 4.55. The first-order chi connectivity index (χ1) is 13.4. The maximum absolute atomic E-state index is 12.5. The van der Waals surface area contributed by atoms with E-state index in [-0.39, 0.29) is 10.6 Å². The molecule has 0 unspecified atom stereocenters. The van der Waals surface area contributed by atoms with Gasteiger partial charge in [0.15, 0.2) is 11.5 Å². The van der Waals surface area contributed by atoms with Gasteiger partial charge in [-0.3, -0.25) is 4.72 Å². The topological polar surface area (TPSA) is 87.7 Å². The van der Waals surface area contributed by atoms with Gasteiger partial charge in [0.25, 0.3) is 10.0 Å². The van der Waals surface area contributed by atoms with Gasteiger partial charge in [0.2, 0.25) is 0 Å². The molecule has 0 fully saturated rings. The van der Waals surface area contributed by atoms with Crippen molar-refractivity contribution in [2.45, 2.75) is 18.4 Å². The first kappa shape index (κ1) is 19.6. The van der Waals surface area contributed by atoms with Crippen molar-refractivity contribution in [3.63, 3.8) is 0 Å². The molecule has 28 heavy (non-hydrogen) atoms. The maximum atomic E-state index is 12.5. The minimum Gasteiger partial charge on any atom is -0.504 e. The number of hydrogen-bond acceptors (Lipinski definition) is 5.